The Hall–Kier alpha value is -0.820. The number of likely N-dealkylation sites (tertiary alicyclic amines) is 1. The molecule has 0 radical (unpaired) electrons. The standard InChI is InChI=1S/C13H19N/c1-3-14-10-9-13(2,11-14)12-7-5-4-6-8-12/h4-8H,3,9-11H2,1-2H3. The van der Waals surface area contributed by atoms with Crippen molar-refractivity contribution in [3.63, 3.8) is 0 Å². The first kappa shape index (κ1) is 9.72. The minimum absolute atomic E-state index is 0.386. The van der Waals surface area contributed by atoms with Crippen LogP contribution in [-0.2, 0) is 5.41 Å². The Kier molecular flexibility index (Phi) is 2.60. The molecular formula is C13H19N. The van der Waals surface area contributed by atoms with Crippen molar-refractivity contribution in [2.24, 2.45) is 0 Å². The maximum atomic E-state index is 2.53. The fraction of sp³-hybridized carbons (Fsp3) is 0.538. The van der Waals surface area contributed by atoms with Crippen molar-refractivity contribution in [1.82, 2.24) is 4.90 Å². The van der Waals surface area contributed by atoms with Gasteiger partial charge in [-0.05, 0) is 25.1 Å². The summed E-state index contributed by atoms with van der Waals surface area (Å²) in [6.45, 7) is 8.28. The summed E-state index contributed by atoms with van der Waals surface area (Å²) in [4.78, 5) is 2.53. The summed E-state index contributed by atoms with van der Waals surface area (Å²) in [6.07, 6.45) is 1.30. The second-order valence-corrected chi connectivity index (χ2v) is 4.55. The summed E-state index contributed by atoms with van der Waals surface area (Å²) in [5.41, 5.74) is 1.88. The van der Waals surface area contributed by atoms with Crippen LogP contribution in [0.2, 0.25) is 0 Å². The third-order valence-corrected chi connectivity index (χ3v) is 3.47. The van der Waals surface area contributed by atoms with Crippen LogP contribution >= 0.6 is 0 Å². The van der Waals surface area contributed by atoms with E-state index in [2.05, 4.69) is 49.1 Å². The molecule has 1 unspecified atom stereocenters. The quantitative estimate of drug-likeness (QED) is 0.691. The lowest BCUT2D eigenvalue weighted by atomic mass is 9.82. The molecule has 2 rings (SSSR count). The molecule has 0 spiro atoms. The van der Waals surface area contributed by atoms with Gasteiger partial charge in [0.05, 0.1) is 0 Å². The van der Waals surface area contributed by atoms with Crippen LogP contribution in [0, 0.1) is 0 Å². The highest BCUT2D eigenvalue weighted by molar-refractivity contribution is 5.26. The van der Waals surface area contributed by atoms with Crippen LogP contribution in [0.3, 0.4) is 0 Å². The van der Waals surface area contributed by atoms with Gasteiger partial charge < -0.3 is 4.90 Å². The lowest BCUT2D eigenvalue weighted by molar-refractivity contribution is 0.333. The zero-order valence-electron chi connectivity index (χ0n) is 9.16. The average Bonchev–Trinajstić information content (AvgIpc) is 2.63. The molecule has 1 fully saturated rings. The van der Waals surface area contributed by atoms with Gasteiger partial charge in [-0.3, -0.25) is 0 Å². The normalized spacial score (nSPS) is 28.1. The second-order valence-electron chi connectivity index (χ2n) is 4.55. The smallest absolute Gasteiger partial charge is 0.00763 e. The first-order chi connectivity index (χ1) is 6.74. The van der Waals surface area contributed by atoms with Crippen LogP contribution in [0.1, 0.15) is 25.8 Å². The predicted molar refractivity (Wildman–Crippen MR) is 60.5 cm³/mol. The van der Waals surface area contributed by atoms with Gasteiger partial charge >= 0.3 is 0 Å². The summed E-state index contributed by atoms with van der Waals surface area (Å²) in [5.74, 6) is 0. The van der Waals surface area contributed by atoms with E-state index in [4.69, 9.17) is 0 Å². The molecule has 1 nitrogen and oxygen atoms in total. The molecule has 1 saturated heterocycles. The molecular weight excluding hydrogens is 170 g/mol. The number of hydrogen-bond donors (Lipinski definition) is 0. The molecule has 1 heterocycles. The van der Waals surface area contributed by atoms with E-state index in [9.17, 15) is 0 Å². The molecule has 76 valence electrons. The molecule has 1 aromatic rings. The maximum Gasteiger partial charge on any atom is 0.00763 e. The van der Waals surface area contributed by atoms with Gasteiger partial charge in [-0.15, -0.1) is 0 Å². The van der Waals surface area contributed by atoms with Gasteiger partial charge in [-0.2, -0.15) is 0 Å². The van der Waals surface area contributed by atoms with Crippen molar-refractivity contribution in [2.75, 3.05) is 19.6 Å². The fourth-order valence-corrected chi connectivity index (χ4v) is 2.40. The summed E-state index contributed by atoms with van der Waals surface area (Å²) in [6, 6.07) is 10.9. The highest BCUT2D eigenvalue weighted by atomic mass is 15.1. The average molecular weight is 189 g/mol. The third-order valence-electron chi connectivity index (χ3n) is 3.47. The topological polar surface area (TPSA) is 3.24 Å². The number of benzene rings is 1. The van der Waals surface area contributed by atoms with E-state index in [1.807, 2.05) is 0 Å². The van der Waals surface area contributed by atoms with Gasteiger partial charge in [0.25, 0.3) is 0 Å². The predicted octanol–water partition coefficient (Wildman–Crippen LogP) is 2.67. The van der Waals surface area contributed by atoms with Crippen molar-refractivity contribution in [1.29, 1.82) is 0 Å². The van der Waals surface area contributed by atoms with Crippen LogP contribution < -0.4 is 0 Å². The van der Waals surface area contributed by atoms with E-state index in [1.165, 1.54) is 31.6 Å². The molecule has 1 heteroatoms. The van der Waals surface area contributed by atoms with Crippen LogP contribution in [0.4, 0.5) is 0 Å². The summed E-state index contributed by atoms with van der Waals surface area (Å²) in [5, 5.41) is 0. The van der Waals surface area contributed by atoms with Gasteiger partial charge in [-0.1, -0.05) is 44.2 Å². The highest BCUT2D eigenvalue weighted by Crippen LogP contribution is 2.33. The molecule has 14 heavy (non-hydrogen) atoms. The fourth-order valence-electron chi connectivity index (χ4n) is 2.40. The Bertz CT molecular complexity index is 293. The zero-order chi connectivity index (χ0) is 10.0. The van der Waals surface area contributed by atoms with E-state index in [-0.39, 0.29) is 0 Å². The minimum atomic E-state index is 0.386. The van der Waals surface area contributed by atoms with Crippen molar-refractivity contribution < 1.29 is 0 Å². The molecule has 0 aromatic heterocycles. The lowest BCUT2D eigenvalue weighted by Gasteiger charge is -2.24. The Morgan fingerprint density at radius 3 is 2.57 bits per heavy atom. The summed E-state index contributed by atoms with van der Waals surface area (Å²) < 4.78 is 0. The maximum absolute atomic E-state index is 2.53. The molecule has 0 bridgehead atoms. The number of nitrogens with zero attached hydrogens (tertiary/aromatic N) is 1. The molecule has 0 saturated carbocycles. The van der Waals surface area contributed by atoms with Crippen molar-refractivity contribution in [3.05, 3.63) is 35.9 Å². The van der Waals surface area contributed by atoms with Crippen LogP contribution in [-0.4, -0.2) is 24.5 Å². The summed E-state index contributed by atoms with van der Waals surface area (Å²) >= 11 is 0. The summed E-state index contributed by atoms with van der Waals surface area (Å²) in [7, 11) is 0. The van der Waals surface area contributed by atoms with Crippen LogP contribution in [0.15, 0.2) is 30.3 Å². The third kappa shape index (κ3) is 1.69. The van der Waals surface area contributed by atoms with Crippen molar-refractivity contribution >= 4 is 0 Å². The largest absolute Gasteiger partial charge is 0.303 e. The number of likely N-dealkylation sites (N-methyl/N-ethyl adjacent to an activating group) is 1. The van der Waals surface area contributed by atoms with E-state index in [1.54, 1.807) is 0 Å². The van der Waals surface area contributed by atoms with Gasteiger partial charge in [0.1, 0.15) is 0 Å². The molecule has 1 atom stereocenters. The lowest BCUT2D eigenvalue weighted by Crippen LogP contribution is -2.27. The molecule has 0 amide bonds. The van der Waals surface area contributed by atoms with Crippen LogP contribution in [0.5, 0.6) is 0 Å². The van der Waals surface area contributed by atoms with Crippen molar-refractivity contribution in [2.45, 2.75) is 25.7 Å². The first-order valence-electron chi connectivity index (χ1n) is 5.52. The van der Waals surface area contributed by atoms with Gasteiger partial charge in [-0.25, -0.2) is 0 Å². The van der Waals surface area contributed by atoms with Crippen molar-refractivity contribution in [3.8, 4) is 0 Å². The van der Waals surface area contributed by atoms with E-state index in [0.29, 0.717) is 5.41 Å². The second kappa shape index (κ2) is 3.74. The zero-order valence-corrected chi connectivity index (χ0v) is 9.16. The van der Waals surface area contributed by atoms with E-state index in [0.717, 1.165) is 0 Å². The Labute approximate surface area is 86.7 Å². The van der Waals surface area contributed by atoms with E-state index < -0.39 is 0 Å². The van der Waals surface area contributed by atoms with Gasteiger partial charge in [0.2, 0.25) is 0 Å². The van der Waals surface area contributed by atoms with Gasteiger partial charge in [0.15, 0.2) is 0 Å². The minimum Gasteiger partial charge on any atom is -0.303 e. The Morgan fingerprint density at radius 2 is 2.00 bits per heavy atom. The Balaban J connectivity index is 2.19. The molecule has 1 aromatic carbocycles. The Morgan fingerprint density at radius 1 is 1.29 bits per heavy atom. The molecule has 1 aliphatic heterocycles. The molecule has 1 aliphatic rings. The SMILES string of the molecule is CCN1CCC(C)(c2ccccc2)C1. The number of rotatable bonds is 2. The highest BCUT2D eigenvalue weighted by Gasteiger charge is 2.34. The molecule has 0 N–H and O–H groups in total. The van der Waals surface area contributed by atoms with Crippen LogP contribution in [0.25, 0.3) is 0 Å². The van der Waals surface area contributed by atoms with E-state index >= 15 is 0 Å². The molecule has 0 aliphatic carbocycles. The monoisotopic (exact) mass is 189 g/mol. The van der Waals surface area contributed by atoms with Gasteiger partial charge in [0, 0.05) is 12.0 Å². The number of hydrogen-bond acceptors (Lipinski definition) is 1. The first-order valence-corrected chi connectivity index (χ1v) is 5.52.